The molecule has 1 aliphatic heterocycles. The number of hydrogen-bond acceptors (Lipinski definition) is 3. The first kappa shape index (κ1) is 22.7. The SMILES string of the molecule is CCC(=O)N1c2ccccc2NC2=C(C(=O)C[C@@H](c3ccc(Cl)cc3)C2)[C@@H]1c1cccc(Cl)c1. The highest BCUT2D eigenvalue weighted by Crippen LogP contribution is 2.47. The van der Waals surface area contributed by atoms with E-state index in [1.807, 2.05) is 73.7 Å². The van der Waals surface area contributed by atoms with Gasteiger partial charge in [0.05, 0.1) is 17.4 Å². The number of nitrogens with one attached hydrogen (secondary N) is 1. The van der Waals surface area contributed by atoms with Crippen molar-refractivity contribution in [1.82, 2.24) is 0 Å². The number of ketones is 1. The molecule has 0 spiro atoms. The Labute approximate surface area is 209 Å². The van der Waals surface area contributed by atoms with Crippen molar-refractivity contribution in [2.24, 2.45) is 0 Å². The van der Waals surface area contributed by atoms with Gasteiger partial charge in [-0.15, -0.1) is 0 Å². The average molecular weight is 491 g/mol. The van der Waals surface area contributed by atoms with Crippen LogP contribution >= 0.6 is 23.2 Å². The Morgan fingerprint density at radius 1 is 0.941 bits per heavy atom. The third-order valence-electron chi connectivity index (χ3n) is 6.57. The molecule has 3 aromatic rings. The molecule has 1 aliphatic carbocycles. The molecule has 0 unspecified atom stereocenters. The number of anilines is 2. The van der Waals surface area contributed by atoms with Gasteiger partial charge in [-0.2, -0.15) is 0 Å². The molecule has 0 bridgehead atoms. The summed E-state index contributed by atoms with van der Waals surface area (Å²) in [5.74, 6) is -0.00222. The minimum absolute atomic E-state index is 0.0246. The standard InChI is InChI=1S/C28H24Cl2N2O2/c1-2-26(34)32-24-9-4-3-8-22(24)31-23-15-19(17-10-12-20(29)13-11-17)16-25(33)27(23)28(32)18-6-5-7-21(30)14-18/h3-14,19,28,31H,2,15-16H2,1H3/t19-,28-/m0/s1. The van der Waals surface area contributed by atoms with Gasteiger partial charge < -0.3 is 5.32 Å². The highest BCUT2D eigenvalue weighted by Gasteiger charge is 2.41. The Kier molecular flexibility index (Phi) is 6.20. The van der Waals surface area contributed by atoms with Gasteiger partial charge in [0.15, 0.2) is 5.78 Å². The molecule has 2 aliphatic rings. The molecule has 172 valence electrons. The van der Waals surface area contributed by atoms with E-state index in [9.17, 15) is 9.59 Å². The molecule has 1 amide bonds. The van der Waals surface area contributed by atoms with Crippen molar-refractivity contribution >= 4 is 46.3 Å². The summed E-state index contributed by atoms with van der Waals surface area (Å²) >= 11 is 12.5. The maximum Gasteiger partial charge on any atom is 0.227 e. The van der Waals surface area contributed by atoms with Gasteiger partial charge in [0.2, 0.25) is 5.91 Å². The summed E-state index contributed by atoms with van der Waals surface area (Å²) in [7, 11) is 0. The highest BCUT2D eigenvalue weighted by molar-refractivity contribution is 6.31. The maximum atomic E-state index is 13.8. The molecule has 3 aromatic carbocycles. The largest absolute Gasteiger partial charge is 0.357 e. The molecular weight excluding hydrogens is 467 g/mol. The molecule has 1 heterocycles. The number of carbonyl (C=O) groups excluding carboxylic acids is 2. The van der Waals surface area contributed by atoms with Gasteiger partial charge in [-0.3, -0.25) is 14.5 Å². The number of amides is 1. The number of para-hydroxylation sites is 2. The normalized spacial score (nSPS) is 19.7. The summed E-state index contributed by atoms with van der Waals surface area (Å²) in [6, 6.07) is 22.3. The summed E-state index contributed by atoms with van der Waals surface area (Å²) in [6.07, 6.45) is 1.33. The number of nitrogens with zero attached hydrogens (tertiary/aromatic N) is 1. The van der Waals surface area contributed by atoms with Gasteiger partial charge in [-0.05, 0) is 59.9 Å². The molecule has 2 atom stereocenters. The van der Waals surface area contributed by atoms with Crippen LogP contribution in [0.3, 0.4) is 0 Å². The van der Waals surface area contributed by atoms with Gasteiger partial charge in [0, 0.05) is 34.2 Å². The van der Waals surface area contributed by atoms with Gasteiger partial charge in [-0.1, -0.05) is 66.5 Å². The summed E-state index contributed by atoms with van der Waals surface area (Å²) in [5, 5.41) is 4.77. The maximum absolute atomic E-state index is 13.8. The van der Waals surface area contributed by atoms with E-state index in [1.165, 1.54) is 0 Å². The summed E-state index contributed by atoms with van der Waals surface area (Å²) in [6.45, 7) is 1.84. The zero-order chi connectivity index (χ0) is 23.8. The lowest BCUT2D eigenvalue weighted by Gasteiger charge is -2.35. The summed E-state index contributed by atoms with van der Waals surface area (Å²) < 4.78 is 0. The molecule has 6 heteroatoms. The van der Waals surface area contributed by atoms with Crippen molar-refractivity contribution in [3.8, 4) is 0 Å². The third kappa shape index (κ3) is 4.13. The quantitative estimate of drug-likeness (QED) is 0.418. The first-order chi connectivity index (χ1) is 16.5. The van der Waals surface area contributed by atoms with E-state index in [2.05, 4.69) is 5.32 Å². The van der Waals surface area contributed by atoms with Crippen LogP contribution < -0.4 is 10.2 Å². The van der Waals surface area contributed by atoms with E-state index in [0.29, 0.717) is 34.9 Å². The Bertz CT molecular complexity index is 1300. The number of hydrogen-bond donors (Lipinski definition) is 1. The minimum Gasteiger partial charge on any atom is -0.357 e. The molecule has 0 saturated heterocycles. The lowest BCUT2D eigenvalue weighted by atomic mass is 9.78. The van der Waals surface area contributed by atoms with E-state index >= 15 is 0 Å². The predicted molar refractivity (Wildman–Crippen MR) is 137 cm³/mol. The van der Waals surface area contributed by atoms with Crippen molar-refractivity contribution in [3.05, 3.63) is 105 Å². The number of benzene rings is 3. The number of Topliss-reactive ketones (excluding diaryl/α,β-unsaturated/α-hetero) is 1. The molecule has 0 aromatic heterocycles. The second-order valence-electron chi connectivity index (χ2n) is 8.69. The Morgan fingerprint density at radius 2 is 1.71 bits per heavy atom. The van der Waals surface area contributed by atoms with Gasteiger partial charge >= 0.3 is 0 Å². The summed E-state index contributed by atoms with van der Waals surface area (Å²) in [5.41, 5.74) is 4.93. The van der Waals surface area contributed by atoms with E-state index in [4.69, 9.17) is 23.2 Å². The Balaban J connectivity index is 1.70. The van der Waals surface area contributed by atoms with E-state index in [-0.39, 0.29) is 17.6 Å². The lowest BCUT2D eigenvalue weighted by Crippen LogP contribution is -2.38. The van der Waals surface area contributed by atoms with Crippen molar-refractivity contribution in [2.45, 2.75) is 38.1 Å². The number of halogens is 2. The second kappa shape index (κ2) is 9.28. The fourth-order valence-electron chi connectivity index (χ4n) is 5.00. The van der Waals surface area contributed by atoms with Crippen molar-refractivity contribution < 1.29 is 9.59 Å². The van der Waals surface area contributed by atoms with Crippen LogP contribution in [0, 0.1) is 0 Å². The molecular formula is C28H24Cl2N2O2. The third-order valence-corrected chi connectivity index (χ3v) is 7.05. The Hall–Kier alpha value is -3.08. The van der Waals surface area contributed by atoms with Crippen LogP contribution in [0.5, 0.6) is 0 Å². The van der Waals surface area contributed by atoms with Crippen molar-refractivity contribution in [1.29, 1.82) is 0 Å². The van der Waals surface area contributed by atoms with Crippen LogP contribution in [0.15, 0.2) is 84.1 Å². The number of rotatable bonds is 3. The monoisotopic (exact) mass is 490 g/mol. The average Bonchev–Trinajstić information content (AvgIpc) is 2.98. The van der Waals surface area contributed by atoms with Gasteiger partial charge in [0.25, 0.3) is 0 Å². The number of carbonyl (C=O) groups is 2. The predicted octanol–water partition coefficient (Wildman–Crippen LogP) is 7.30. The smallest absolute Gasteiger partial charge is 0.227 e. The molecule has 5 rings (SSSR count). The highest BCUT2D eigenvalue weighted by atomic mass is 35.5. The molecule has 34 heavy (non-hydrogen) atoms. The zero-order valence-electron chi connectivity index (χ0n) is 18.7. The zero-order valence-corrected chi connectivity index (χ0v) is 20.2. The minimum atomic E-state index is -0.559. The molecule has 0 radical (unpaired) electrons. The lowest BCUT2D eigenvalue weighted by molar-refractivity contribution is -0.119. The van der Waals surface area contributed by atoms with Crippen LogP contribution in [-0.4, -0.2) is 11.7 Å². The van der Waals surface area contributed by atoms with Crippen LogP contribution in [0.1, 0.15) is 49.3 Å². The summed E-state index contributed by atoms with van der Waals surface area (Å²) in [4.78, 5) is 28.9. The van der Waals surface area contributed by atoms with Gasteiger partial charge in [-0.25, -0.2) is 0 Å². The van der Waals surface area contributed by atoms with Crippen LogP contribution in [-0.2, 0) is 9.59 Å². The van der Waals surface area contributed by atoms with E-state index < -0.39 is 6.04 Å². The fraction of sp³-hybridized carbons (Fsp3) is 0.214. The molecule has 1 N–H and O–H groups in total. The van der Waals surface area contributed by atoms with Crippen LogP contribution in [0.25, 0.3) is 0 Å². The molecule has 4 nitrogen and oxygen atoms in total. The fourth-order valence-corrected chi connectivity index (χ4v) is 5.32. The topological polar surface area (TPSA) is 49.4 Å². The molecule has 0 fully saturated rings. The van der Waals surface area contributed by atoms with Crippen LogP contribution in [0.2, 0.25) is 10.0 Å². The molecule has 0 saturated carbocycles. The van der Waals surface area contributed by atoms with Crippen molar-refractivity contribution in [3.63, 3.8) is 0 Å². The second-order valence-corrected chi connectivity index (χ2v) is 9.56. The van der Waals surface area contributed by atoms with Gasteiger partial charge in [0.1, 0.15) is 0 Å². The van der Waals surface area contributed by atoms with E-state index in [1.54, 1.807) is 11.0 Å². The number of fused-ring (bicyclic) bond motifs is 1. The Morgan fingerprint density at radius 3 is 2.44 bits per heavy atom. The van der Waals surface area contributed by atoms with E-state index in [0.717, 1.165) is 28.2 Å². The number of allylic oxidation sites excluding steroid dienone is 1. The first-order valence-corrected chi connectivity index (χ1v) is 12.2. The first-order valence-electron chi connectivity index (χ1n) is 11.4. The van der Waals surface area contributed by atoms with Crippen molar-refractivity contribution in [2.75, 3.05) is 10.2 Å². The van der Waals surface area contributed by atoms with Crippen LogP contribution in [0.4, 0.5) is 11.4 Å².